The van der Waals surface area contributed by atoms with Gasteiger partial charge in [0.15, 0.2) is 5.82 Å². The van der Waals surface area contributed by atoms with E-state index in [0.717, 1.165) is 44.0 Å². The van der Waals surface area contributed by atoms with E-state index < -0.39 is 0 Å². The van der Waals surface area contributed by atoms with Crippen LogP contribution in [0.15, 0.2) is 30.3 Å². The summed E-state index contributed by atoms with van der Waals surface area (Å²) in [7, 11) is 0. The summed E-state index contributed by atoms with van der Waals surface area (Å²) >= 11 is 0. The molecule has 0 N–H and O–H groups in total. The Morgan fingerprint density at radius 3 is 2.92 bits per heavy atom. The van der Waals surface area contributed by atoms with Crippen molar-refractivity contribution >= 4 is 0 Å². The molecule has 2 heterocycles. The maximum absolute atomic E-state index is 5.96. The summed E-state index contributed by atoms with van der Waals surface area (Å²) < 4.78 is 7.81. The maximum Gasteiger partial charge on any atom is 0.156 e. The first kappa shape index (κ1) is 15.7. The number of aryl methyl sites for hydroxylation is 1. The number of tetrazole rings is 1. The molecule has 0 radical (unpaired) electrons. The van der Waals surface area contributed by atoms with Gasteiger partial charge in [-0.25, -0.2) is 0 Å². The Morgan fingerprint density at radius 1 is 1.12 bits per heavy atom. The van der Waals surface area contributed by atoms with E-state index in [9.17, 15) is 0 Å². The van der Waals surface area contributed by atoms with Gasteiger partial charge < -0.3 is 4.74 Å². The molecular weight excluding hydrogens is 302 g/mol. The molecule has 6 nitrogen and oxygen atoms in total. The largest absolute Gasteiger partial charge is 0.375 e. The second kappa shape index (κ2) is 7.40. The zero-order valence-electron chi connectivity index (χ0n) is 14.0. The number of nitrogens with zero attached hydrogens (tertiary/aromatic N) is 5. The summed E-state index contributed by atoms with van der Waals surface area (Å²) in [4.78, 5) is 2.63. The highest BCUT2D eigenvalue weighted by Crippen LogP contribution is 2.28. The fourth-order valence-corrected chi connectivity index (χ4v) is 4.03. The Balaban J connectivity index is 1.35. The molecule has 2 atom stereocenters. The first-order valence-corrected chi connectivity index (χ1v) is 9.10. The van der Waals surface area contributed by atoms with Gasteiger partial charge in [-0.15, -0.1) is 5.10 Å². The number of hydrogen-bond acceptors (Lipinski definition) is 5. The van der Waals surface area contributed by atoms with Gasteiger partial charge in [0.05, 0.1) is 18.4 Å². The van der Waals surface area contributed by atoms with Crippen LogP contribution in [0.2, 0.25) is 0 Å². The second-order valence-corrected chi connectivity index (χ2v) is 6.74. The van der Waals surface area contributed by atoms with Crippen LogP contribution in [0.5, 0.6) is 0 Å². The molecule has 2 aromatic rings. The van der Waals surface area contributed by atoms with Crippen LogP contribution in [0.25, 0.3) is 5.69 Å². The monoisotopic (exact) mass is 327 g/mol. The van der Waals surface area contributed by atoms with Crippen molar-refractivity contribution in [2.45, 2.75) is 50.7 Å². The molecule has 24 heavy (non-hydrogen) atoms. The molecule has 1 saturated heterocycles. The lowest BCUT2D eigenvalue weighted by atomic mass is 9.90. The third-order valence-electron chi connectivity index (χ3n) is 5.23. The SMILES string of the molecule is c1ccc(-n2nnnc2CCCN2CCO[C@H]3CCCC[C@H]32)cc1. The van der Waals surface area contributed by atoms with E-state index in [-0.39, 0.29) is 0 Å². The van der Waals surface area contributed by atoms with Crippen molar-refractivity contribution in [1.29, 1.82) is 0 Å². The van der Waals surface area contributed by atoms with E-state index in [1.54, 1.807) is 0 Å². The van der Waals surface area contributed by atoms with Crippen LogP contribution in [0.4, 0.5) is 0 Å². The average Bonchev–Trinajstić information content (AvgIpc) is 3.11. The number of para-hydroxylation sites is 1. The van der Waals surface area contributed by atoms with E-state index in [1.165, 1.54) is 25.7 Å². The summed E-state index contributed by atoms with van der Waals surface area (Å²) in [6.07, 6.45) is 7.61. The Kier molecular flexibility index (Phi) is 4.85. The lowest BCUT2D eigenvalue weighted by Gasteiger charge is -2.43. The molecule has 1 aromatic carbocycles. The van der Waals surface area contributed by atoms with E-state index in [2.05, 4.69) is 20.4 Å². The first-order valence-electron chi connectivity index (χ1n) is 9.10. The topological polar surface area (TPSA) is 56.1 Å². The van der Waals surface area contributed by atoms with Crippen molar-refractivity contribution in [3.8, 4) is 5.69 Å². The minimum atomic E-state index is 0.460. The molecular formula is C18H25N5O. The Hall–Kier alpha value is -1.79. The van der Waals surface area contributed by atoms with Crippen LogP contribution in [0.1, 0.15) is 37.9 Å². The predicted molar refractivity (Wildman–Crippen MR) is 91.0 cm³/mol. The lowest BCUT2D eigenvalue weighted by molar-refractivity contribution is -0.0881. The quantitative estimate of drug-likeness (QED) is 0.843. The molecule has 6 heteroatoms. The number of aromatic nitrogens is 4. The molecule has 0 bridgehead atoms. The summed E-state index contributed by atoms with van der Waals surface area (Å²) in [5, 5.41) is 12.2. The summed E-state index contributed by atoms with van der Waals surface area (Å²) in [6.45, 7) is 3.04. The number of ether oxygens (including phenoxy) is 1. The number of benzene rings is 1. The standard InChI is InChI=1S/C18H25N5O/c1-2-7-15(8-3-1)23-18(19-20-21-23)11-6-12-22-13-14-24-17-10-5-4-9-16(17)22/h1-3,7-8,16-17H,4-6,9-14H2/t16-,17+/m1/s1. The lowest BCUT2D eigenvalue weighted by Crippen LogP contribution is -2.52. The number of morpholine rings is 1. The molecule has 0 unspecified atom stereocenters. The van der Waals surface area contributed by atoms with E-state index in [0.29, 0.717) is 12.1 Å². The maximum atomic E-state index is 5.96. The second-order valence-electron chi connectivity index (χ2n) is 6.74. The minimum Gasteiger partial charge on any atom is -0.375 e. The molecule has 4 rings (SSSR count). The van der Waals surface area contributed by atoms with Gasteiger partial charge in [-0.05, 0) is 48.4 Å². The van der Waals surface area contributed by atoms with Crippen LogP contribution in [-0.2, 0) is 11.2 Å². The van der Waals surface area contributed by atoms with Crippen molar-refractivity contribution in [3.63, 3.8) is 0 Å². The van der Waals surface area contributed by atoms with Crippen LogP contribution < -0.4 is 0 Å². The summed E-state index contributed by atoms with van der Waals surface area (Å²) in [5.41, 5.74) is 1.02. The normalized spacial score (nSPS) is 24.7. The predicted octanol–water partition coefficient (Wildman–Crippen LogP) is 2.24. The van der Waals surface area contributed by atoms with Gasteiger partial charge in [-0.1, -0.05) is 31.0 Å². The molecule has 1 aromatic heterocycles. The van der Waals surface area contributed by atoms with Crippen molar-refractivity contribution < 1.29 is 4.74 Å². The molecule has 0 spiro atoms. The Labute approximate surface area is 142 Å². The zero-order valence-corrected chi connectivity index (χ0v) is 14.0. The van der Waals surface area contributed by atoms with Gasteiger partial charge in [0, 0.05) is 19.0 Å². The third kappa shape index (κ3) is 3.35. The minimum absolute atomic E-state index is 0.460. The number of rotatable bonds is 5. The third-order valence-corrected chi connectivity index (χ3v) is 5.23. The molecule has 1 aliphatic heterocycles. The van der Waals surface area contributed by atoms with Crippen molar-refractivity contribution in [2.75, 3.05) is 19.7 Å². The highest BCUT2D eigenvalue weighted by Gasteiger charge is 2.33. The van der Waals surface area contributed by atoms with E-state index >= 15 is 0 Å². The van der Waals surface area contributed by atoms with E-state index in [4.69, 9.17) is 4.74 Å². The van der Waals surface area contributed by atoms with Crippen LogP contribution in [0.3, 0.4) is 0 Å². The van der Waals surface area contributed by atoms with Crippen molar-refractivity contribution in [2.24, 2.45) is 0 Å². The summed E-state index contributed by atoms with van der Waals surface area (Å²) in [6, 6.07) is 10.7. The number of fused-ring (bicyclic) bond motifs is 1. The van der Waals surface area contributed by atoms with Crippen molar-refractivity contribution in [3.05, 3.63) is 36.2 Å². The fourth-order valence-electron chi connectivity index (χ4n) is 4.03. The highest BCUT2D eigenvalue weighted by molar-refractivity contribution is 5.30. The van der Waals surface area contributed by atoms with Gasteiger partial charge in [0.1, 0.15) is 0 Å². The molecule has 1 saturated carbocycles. The fraction of sp³-hybridized carbons (Fsp3) is 0.611. The van der Waals surface area contributed by atoms with Crippen LogP contribution >= 0.6 is 0 Å². The van der Waals surface area contributed by atoms with Gasteiger partial charge in [0.2, 0.25) is 0 Å². The zero-order chi connectivity index (χ0) is 16.2. The smallest absolute Gasteiger partial charge is 0.156 e. The first-order chi connectivity index (χ1) is 11.9. The van der Waals surface area contributed by atoms with Crippen LogP contribution in [0, 0.1) is 0 Å². The molecule has 1 aliphatic carbocycles. The molecule has 2 fully saturated rings. The Morgan fingerprint density at radius 2 is 2.00 bits per heavy atom. The summed E-state index contributed by atoms with van der Waals surface area (Å²) in [5.74, 6) is 0.939. The van der Waals surface area contributed by atoms with Gasteiger partial charge in [-0.2, -0.15) is 4.68 Å². The molecule has 128 valence electrons. The van der Waals surface area contributed by atoms with E-state index in [1.807, 2.05) is 35.0 Å². The molecule has 2 aliphatic rings. The van der Waals surface area contributed by atoms with Gasteiger partial charge in [-0.3, -0.25) is 4.90 Å². The number of hydrogen-bond donors (Lipinski definition) is 0. The van der Waals surface area contributed by atoms with Gasteiger partial charge >= 0.3 is 0 Å². The Bertz CT molecular complexity index is 642. The molecule has 0 amide bonds. The van der Waals surface area contributed by atoms with Crippen molar-refractivity contribution in [1.82, 2.24) is 25.1 Å². The highest BCUT2D eigenvalue weighted by atomic mass is 16.5. The van der Waals surface area contributed by atoms with Crippen LogP contribution in [-0.4, -0.2) is 56.9 Å². The average molecular weight is 327 g/mol. The van der Waals surface area contributed by atoms with Gasteiger partial charge in [0.25, 0.3) is 0 Å².